The third kappa shape index (κ3) is 1.67. The quantitative estimate of drug-likeness (QED) is 0.501. The van der Waals surface area contributed by atoms with Gasteiger partial charge in [-0.1, -0.05) is 6.07 Å². The van der Waals surface area contributed by atoms with Gasteiger partial charge in [0.05, 0.1) is 11.6 Å². The Labute approximate surface area is 83.8 Å². The van der Waals surface area contributed by atoms with E-state index in [1.54, 1.807) is 0 Å². The molecule has 0 spiro atoms. The standard InChI is InChI=1S/C10H10N2.ClH/c11-6-7-1-3-9-8(5-7)2-4-10(9)12;/h1,3,5,10H,2,4,12H2;1H. The van der Waals surface area contributed by atoms with Gasteiger partial charge in [-0.25, -0.2) is 0 Å². The molecule has 1 atom stereocenters. The number of hydrogen-bond acceptors (Lipinski definition) is 1. The fraction of sp³-hybridized carbons (Fsp3) is 0.300. The smallest absolute Gasteiger partial charge is 0.111 e. The SMILES string of the molecule is N#Cc1ccc2c(c1)CCC2[NH3+].[Cl-]. The Morgan fingerprint density at radius 1 is 1.46 bits per heavy atom. The zero-order valence-electron chi connectivity index (χ0n) is 7.26. The molecule has 0 radical (unpaired) electrons. The van der Waals surface area contributed by atoms with Crippen molar-refractivity contribution in [2.24, 2.45) is 0 Å². The highest BCUT2D eigenvalue weighted by atomic mass is 35.5. The van der Waals surface area contributed by atoms with Crippen molar-refractivity contribution in [2.75, 3.05) is 0 Å². The van der Waals surface area contributed by atoms with Gasteiger partial charge >= 0.3 is 0 Å². The molecule has 0 fully saturated rings. The van der Waals surface area contributed by atoms with Crippen LogP contribution in [0.3, 0.4) is 0 Å². The van der Waals surface area contributed by atoms with Crippen LogP contribution in [0, 0.1) is 11.3 Å². The average Bonchev–Trinajstić information content (AvgIpc) is 2.47. The van der Waals surface area contributed by atoms with Gasteiger partial charge in [0.1, 0.15) is 6.04 Å². The summed E-state index contributed by atoms with van der Waals surface area (Å²) >= 11 is 0. The van der Waals surface area contributed by atoms with Gasteiger partial charge < -0.3 is 18.1 Å². The van der Waals surface area contributed by atoms with E-state index in [2.05, 4.69) is 11.8 Å². The monoisotopic (exact) mass is 194 g/mol. The summed E-state index contributed by atoms with van der Waals surface area (Å²) in [5.41, 5.74) is 7.46. The second kappa shape index (κ2) is 3.78. The van der Waals surface area contributed by atoms with Crippen molar-refractivity contribution in [1.29, 1.82) is 5.26 Å². The second-order valence-corrected chi connectivity index (χ2v) is 3.26. The van der Waals surface area contributed by atoms with Crippen LogP contribution < -0.4 is 18.1 Å². The summed E-state index contributed by atoms with van der Waals surface area (Å²) in [6, 6.07) is 8.49. The Hall–Kier alpha value is -1.04. The van der Waals surface area contributed by atoms with E-state index in [0.717, 1.165) is 18.4 Å². The molecule has 0 saturated heterocycles. The molecule has 1 aliphatic rings. The third-order valence-electron chi connectivity index (χ3n) is 2.47. The number of nitriles is 1. The summed E-state index contributed by atoms with van der Waals surface area (Å²) in [5.74, 6) is 0. The van der Waals surface area contributed by atoms with Crippen molar-refractivity contribution in [3.63, 3.8) is 0 Å². The van der Waals surface area contributed by atoms with Crippen molar-refractivity contribution < 1.29 is 18.1 Å². The van der Waals surface area contributed by atoms with Gasteiger partial charge in [-0.05, 0) is 24.1 Å². The number of aryl methyl sites for hydroxylation is 1. The Kier molecular flexibility index (Phi) is 2.92. The Balaban J connectivity index is 0.000000845. The van der Waals surface area contributed by atoms with E-state index in [1.165, 1.54) is 11.1 Å². The van der Waals surface area contributed by atoms with Gasteiger partial charge in [-0.15, -0.1) is 0 Å². The third-order valence-corrected chi connectivity index (χ3v) is 2.47. The zero-order chi connectivity index (χ0) is 8.55. The van der Waals surface area contributed by atoms with E-state index in [-0.39, 0.29) is 12.4 Å². The maximum Gasteiger partial charge on any atom is 0.111 e. The molecule has 0 saturated carbocycles. The Bertz CT molecular complexity index is 354. The van der Waals surface area contributed by atoms with E-state index in [0.29, 0.717) is 6.04 Å². The number of hydrogen-bond donors (Lipinski definition) is 1. The molecule has 13 heavy (non-hydrogen) atoms. The molecule has 1 unspecified atom stereocenters. The molecule has 0 amide bonds. The molecule has 0 aromatic heterocycles. The Morgan fingerprint density at radius 3 is 2.92 bits per heavy atom. The molecular weight excluding hydrogens is 184 g/mol. The number of halogens is 1. The minimum atomic E-state index is 0. The van der Waals surface area contributed by atoms with Crippen LogP contribution in [0.5, 0.6) is 0 Å². The van der Waals surface area contributed by atoms with Crippen LogP contribution >= 0.6 is 0 Å². The minimum Gasteiger partial charge on any atom is -1.00 e. The van der Waals surface area contributed by atoms with E-state index >= 15 is 0 Å². The lowest BCUT2D eigenvalue weighted by Crippen LogP contribution is -3.00. The van der Waals surface area contributed by atoms with E-state index < -0.39 is 0 Å². The lowest BCUT2D eigenvalue weighted by atomic mass is 10.1. The molecule has 0 heterocycles. The lowest BCUT2D eigenvalue weighted by Gasteiger charge is -2.00. The molecule has 3 N–H and O–H groups in total. The summed E-state index contributed by atoms with van der Waals surface area (Å²) in [7, 11) is 0. The summed E-state index contributed by atoms with van der Waals surface area (Å²) in [4.78, 5) is 0. The van der Waals surface area contributed by atoms with Crippen LogP contribution in [0.25, 0.3) is 0 Å². The van der Waals surface area contributed by atoms with Crippen LogP contribution in [0.4, 0.5) is 0 Å². The number of fused-ring (bicyclic) bond motifs is 1. The van der Waals surface area contributed by atoms with Crippen LogP contribution in [-0.2, 0) is 6.42 Å². The summed E-state index contributed by atoms with van der Waals surface area (Å²) in [6.07, 6.45) is 2.21. The van der Waals surface area contributed by atoms with Crippen LogP contribution in [0.2, 0.25) is 0 Å². The van der Waals surface area contributed by atoms with E-state index in [9.17, 15) is 0 Å². The predicted molar refractivity (Wildman–Crippen MR) is 45.1 cm³/mol. The van der Waals surface area contributed by atoms with E-state index in [1.807, 2.05) is 18.2 Å². The van der Waals surface area contributed by atoms with E-state index in [4.69, 9.17) is 5.26 Å². The van der Waals surface area contributed by atoms with Gasteiger partial charge in [0.25, 0.3) is 0 Å². The molecule has 0 aliphatic heterocycles. The Morgan fingerprint density at radius 2 is 2.23 bits per heavy atom. The van der Waals surface area contributed by atoms with Gasteiger partial charge in [0, 0.05) is 12.0 Å². The number of benzene rings is 1. The molecule has 1 aromatic rings. The first-order chi connectivity index (χ1) is 5.81. The first kappa shape index (κ1) is 10.0. The molecule has 0 bridgehead atoms. The summed E-state index contributed by atoms with van der Waals surface area (Å²) < 4.78 is 0. The molecule has 68 valence electrons. The van der Waals surface area contributed by atoms with Gasteiger partial charge in [-0.2, -0.15) is 5.26 Å². The molecule has 2 nitrogen and oxygen atoms in total. The molecular formula is C10H11ClN2. The van der Waals surface area contributed by atoms with Crippen molar-refractivity contribution in [1.82, 2.24) is 0 Å². The summed E-state index contributed by atoms with van der Waals surface area (Å²) in [6.45, 7) is 0. The highest BCUT2D eigenvalue weighted by Crippen LogP contribution is 2.28. The van der Waals surface area contributed by atoms with Gasteiger partial charge in [-0.3, -0.25) is 0 Å². The van der Waals surface area contributed by atoms with Crippen LogP contribution in [-0.4, -0.2) is 0 Å². The average molecular weight is 195 g/mol. The minimum absolute atomic E-state index is 0. The second-order valence-electron chi connectivity index (χ2n) is 3.26. The van der Waals surface area contributed by atoms with Gasteiger partial charge in [0.2, 0.25) is 0 Å². The predicted octanol–water partition coefficient (Wildman–Crippen LogP) is -2.21. The normalized spacial score (nSPS) is 18.6. The van der Waals surface area contributed by atoms with Crippen LogP contribution in [0.1, 0.15) is 29.2 Å². The first-order valence-corrected chi connectivity index (χ1v) is 4.17. The fourth-order valence-electron chi connectivity index (χ4n) is 1.78. The van der Waals surface area contributed by atoms with Crippen molar-refractivity contribution in [3.05, 3.63) is 34.9 Å². The maximum atomic E-state index is 8.67. The number of quaternary nitrogens is 1. The van der Waals surface area contributed by atoms with Crippen molar-refractivity contribution in [3.8, 4) is 6.07 Å². The van der Waals surface area contributed by atoms with Crippen molar-refractivity contribution >= 4 is 0 Å². The first-order valence-electron chi connectivity index (χ1n) is 4.17. The molecule has 1 aliphatic carbocycles. The maximum absolute atomic E-state index is 8.67. The van der Waals surface area contributed by atoms with Gasteiger partial charge in [0.15, 0.2) is 0 Å². The molecule has 2 rings (SSSR count). The summed E-state index contributed by atoms with van der Waals surface area (Å²) in [5, 5.41) is 8.67. The molecule has 3 heteroatoms. The highest BCUT2D eigenvalue weighted by Gasteiger charge is 2.21. The number of nitrogens with zero attached hydrogens (tertiary/aromatic N) is 1. The largest absolute Gasteiger partial charge is 1.00 e. The number of rotatable bonds is 0. The topological polar surface area (TPSA) is 51.4 Å². The lowest BCUT2D eigenvalue weighted by molar-refractivity contribution is -0.425. The highest BCUT2D eigenvalue weighted by molar-refractivity contribution is 5.41. The zero-order valence-corrected chi connectivity index (χ0v) is 8.01. The fourth-order valence-corrected chi connectivity index (χ4v) is 1.78. The van der Waals surface area contributed by atoms with Crippen molar-refractivity contribution in [2.45, 2.75) is 18.9 Å². The van der Waals surface area contributed by atoms with Crippen LogP contribution in [0.15, 0.2) is 18.2 Å². The molecule has 1 aromatic carbocycles.